The van der Waals surface area contributed by atoms with Crippen LogP contribution in [0.4, 0.5) is 5.69 Å². The number of hydrogen-bond acceptors (Lipinski definition) is 5. The molecule has 124 valence electrons. The number of anilines is 1. The Bertz CT molecular complexity index is 579. The summed E-state index contributed by atoms with van der Waals surface area (Å²) in [6.07, 6.45) is 0. The molecule has 7 heteroatoms. The Hall–Kier alpha value is -1.96. The average molecular weight is 320 g/mol. The van der Waals surface area contributed by atoms with Gasteiger partial charge in [0.2, 0.25) is 0 Å². The summed E-state index contributed by atoms with van der Waals surface area (Å²) in [5.41, 5.74) is 0.115. The molecule has 1 spiro atoms. The van der Waals surface area contributed by atoms with Crippen molar-refractivity contribution < 1.29 is 24.2 Å². The van der Waals surface area contributed by atoms with Crippen molar-refractivity contribution in [2.75, 3.05) is 50.9 Å². The highest BCUT2D eigenvalue weighted by molar-refractivity contribution is 5.95. The monoisotopic (exact) mass is 320 g/mol. The number of amides is 1. The van der Waals surface area contributed by atoms with Gasteiger partial charge in [0.15, 0.2) is 0 Å². The van der Waals surface area contributed by atoms with Crippen molar-refractivity contribution in [3.05, 3.63) is 30.3 Å². The van der Waals surface area contributed by atoms with Gasteiger partial charge in [-0.2, -0.15) is 0 Å². The predicted molar refractivity (Wildman–Crippen MR) is 82.4 cm³/mol. The smallest absolute Gasteiger partial charge is 0.317 e. The van der Waals surface area contributed by atoms with Gasteiger partial charge in [0.25, 0.3) is 5.91 Å². The van der Waals surface area contributed by atoms with E-state index in [1.165, 1.54) is 0 Å². The summed E-state index contributed by atoms with van der Waals surface area (Å²) < 4.78 is 11.4. The molecule has 2 heterocycles. The van der Waals surface area contributed by atoms with Crippen LogP contribution in [0.3, 0.4) is 0 Å². The van der Waals surface area contributed by atoms with Gasteiger partial charge >= 0.3 is 5.97 Å². The lowest BCUT2D eigenvalue weighted by atomic mass is 10.0. The number of carboxylic acids is 1. The van der Waals surface area contributed by atoms with E-state index in [4.69, 9.17) is 14.6 Å². The van der Waals surface area contributed by atoms with Crippen molar-refractivity contribution in [3.8, 4) is 0 Å². The van der Waals surface area contributed by atoms with E-state index in [2.05, 4.69) is 0 Å². The van der Waals surface area contributed by atoms with E-state index in [9.17, 15) is 9.59 Å². The number of nitrogens with zero attached hydrogens (tertiary/aromatic N) is 2. The summed E-state index contributed by atoms with van der Waals surface area (Å²) in [5, 5.41) is 9.03. The van der Waals surface area contributed by atoms with Crippen LogP contribution in [0.1, 0.15) is 0 Å². The van der Waals surface area contributed by atoms with E-state index >= 15 is 0 Å². The van der Waals surface area contributed by atoms with E-state index in [0.29, 0.717) is 32.8 Å². The van der Waals surface area contributed by atoms with Crippen molar-refractivity contribution >= 4 is 17.6 Å². The molecule has 0 aromatic heterocycles. The maximum Gasteiger partial charge on any atom is 0.317 e. The quantitative estimate of drug-likeness (QED) is 0.857. The van der Waals surface area contributed by atoms with Crippen LogP contribution in [-0.2, 0) is 19.1 Å². The molecular formula is C16H20N2O5. The molecule has 1 aromatic rings. The Balaban J connectivity index is 1.80. The van der Waals surface area contributed by atoms with Crippen LogP contribution in [-0.4, -0.2) is 73.5 Å². The van der Waals surface area contributed by atoms with Gasteiger partial charge < -0.3 is 19.5 Å². The van der Waals surface area contributed by atoms with Gasteiger partial charge in [0.05, 0.1) is 26.3 Å². The third kappa shape index (κ3) is 3.69. The summed E-state index contributed by atoms with van der Waals surface area (Å²) in [7, 11) is 0. The molecule has 1 N–H and O–H groups in total. The minimum absolute atomic E-state index is 0.0286. The highest BCUT2D eigenvalue weighted by atomic mass is 16.6. The Morgan fingerprint density at radius 2 is 2.04 bits per heavy atom. The predicted octanol–water partition coefficient (Wildman–Crippen LogP) is 0.205. The molecule has 0 saturated carbocycles. The van der Waals surface area contributed by atoms with Crippen LogP contribution < -0.4 is 4.90 Å². The molecule has 1 amide bonds. The third-order valence-electron chi connectivity index (χ3n) is 4.10. The number of carbonyl (C=O) groups is 2. The number of carboxylic acid groups (broad SMARTS) is 1. The van der Waals surface area contributed by atoms with E-state index in [-0.39, 0.29) is 19.1 Å². The Morgan fingerprint density at radius 1 is 1.26 bits per heavy atom. The first-order valence-corrected chi connectivity index (χ1v) is 7.59. The molecular weight excluding hydrogens is 300 g/mol. The lowest BCUT2D eigenvalue weighted by molar-refractivity contribution is -0.148. The molecule has 0 radical (unpaired) electrons. The summed E-state index contributed by atoms with van der Waals surface area (Å²) >= 11 is 0. The van der Waals surface area contributed by atoms with Gasteiger partial charge in [-0.3, -0.25) is 14.5 Å². The van der Waals surface area contributed by atoms with E-state index < -0.39 is 11.6 Å². The first-order valence-electron chi connectivity index (χ1n) is 7.59. The fraction of sp³-hybridized carbons (Fsp3) is 0.500. The molecule has 2 fully saturated rings. The second-order valence-electron chi connectivity index (χ2n) is 5.94. The van der Waals surface area contributed by atoms with Crippen LogP contribution in [0.5, 0.6) is 0 Å². The van der Waals surface area contributed by atoms with E-state index in [0.717, 1.165) is 5.69 Å². The number of rotatable bonds is 3. The van der Waals surface area contributed by atoms with Crippen molar-refractivity contribution in [2.45, 2.75) is 5.60 Å². The Labute approximate surface area is 134 Å². The van der Waals surface area contributed by atoms with Gasteiger partial charge in [-0.25, -0.2) is 0 Å². The van der Waals surface area contributed by atoms with E-state index in [1.54, 1.807) is 9.80 Å². The fourth-order valence-corrected chi connectivity index (χ4v) is 3.05. The Kier molecular flexibility index (Phi) is 4.61. The molecule has 7 nitrogen and oxygen atoms in total. The average Bonchev–Trinajstić information content (AvgIpc) is 2.73. The standard InChI is InChI=1S/C16H20N2O5/c19-14-9-23-16(11-18(14)13-4-2-1-3-5-13)10-17(8-15(20)21)6-7-22-12-16/h1-5H,6-12H2,(H,20,21)/t16-/m0/s1. The van der Waals surface area contributed by atoms with Gasteiger partial charge in [-0.15, -0.1) is 0 Å². The van der Waals surface area contributed by atoms with Gasteiger partial charge in [0, 0.05) is 18.8 Å². The number of ether oxygens (including phenoxy) is 2. The fourth-order valence-electron chi connectivity index (χ4n) is 3.05. The Morgan fingerprint density at radius 3 is 2.78 bits per heavy atom. The summed E-state index contributed by atoms with van der Waals surface area (Å²) in [5.74, 6) is -0.982. The lowest BCUT2D eigenvalue weighted by Gasteiger charge is -2.42. The molecule has 23 heavy (non-hydrogen) atoms. The van der Waals surface area contributed by atoms with E-state index in [1.807, 2.05) is 30.3 Å². The molecule has 1 atom stereocenters. The minimum Gasteiger partial charge on any atom is -0.480 e. The number of hydrogen-bond donors (Lipinski definition) is 1. The summed E-state index contributed by atoms with van der Waals surface area (Å²) in [4.78, 5) is 26.7. The molecule has 0 unspecified atom stereocenters. The third-order valence-corrected chi connectivity index (χ3v) is 4.10. The second kappa shape index (κ2) is 6.66. The van der Waals surface area contributed by atoms with Crippen molar-refractivity contribution in [1.29, 1.82) is 0 Å². The number of benzene rings is 1. The van der Waals surface area contributed by atoms with Gasteiger partial charge in [-0.05, 0) is 12.1 Å². The summed E-state index contributed by atoms with van der Waals surface area (Å²) in [6.45, 7) is 2.03. The SMILES string of the molecule is O=C(O)CN1CCOC[C@]2(C1)CN(c1ccccc1)C(=O)CO2. The van der Waals surface area contributed by atoms with Crippen molar-refractivity contribution in [3.63, 3.8) is 0 Å². The molecule has 2 saturated heterocycles. The van der Waals surface area contributed by atoms with Crippen LogP contribution in [0.2, 0.25) is 0 Å². The van der Waals surface area contributed by atoms with Crippen molar-refractivity contribution in [1.82, 2.24) is 4.90 Å². The number of morpholine rings is 1. The molecule has 1 aromatic carbocycles. The largest absolute Gasteiger partial charge is 0.480 e. The maximum atomic E-state index is 12.2. The van der Waals surface area contributed by atoms with Crippen molar-refractivity contribution in [2.24, 2.45) is 0 Å². The van der Waals surface area contributed by atoms with Gasteiger partial charge in [0.1, 0.15) is 12.2 Å². The zero-order chi connectivity index (χ0) is 16.3. The summed E-state index contributed by atoms with van der Waals surface area (Å²) in [6, 6.07) is 9.41. The molecule has 2 aliphatic heterocycles. The molecule has 2 aliphatic rings. The topological polar surface area (TPSA) is 79.3 Å². The van der Waals surface area contributed by atoms with Gasteiger partial charge in [-0.1, -0.05) is 18.2 Å². The minimum atomic E-state index is -0.881. The van der Waals surface area contributed by atoms with Crippen LogP contribution >= 0.6 is 0 Å². The van der Waals surface area contributed by atoms with Crippen LogP contribution in [0, 0.1) is 0 Å². The molecule has 0 bridgehead atoms. The number of para-hydroxylation sites is 1. The lowest BCUT2D eigenvalue weighted by Crippen LogP contribution is -2.61. The van der Waals surface area contributed by atoms with Crippen LogP contribution in [0.25, 0.3) is 0 Å². The first-order chi connectivity index (χ1) is 11.1. The zero-order valence-corrected chi connectivity index (χ0v) is 12.8. The first kappa shape index (κ1) is 15.9. The normalized spacial score (nSPS) is 26.3. The van der Waals surface area contributed by atoms with Crippen LogP contribution in [0.15, 0.2) is 30.3 Å². The highest BCUT2D eigenvalue weighted by Crippen LogP contribution is 2.27. The second-order valence-corrected chi connectivity index (χ2v) is 5.94. The number of carbonyl (C=O) groups excluding carboxylic acids is 1. The highest BCUT2D eigenvalue weighted by Gasteiger charge is 2.43. The zero-order valence-electron chi connectivity index (χ0n) is 12.8. The maximum absolute atomic E-state index is 12.2. The number of aliphatic carboxylic acids is 1. The molecule has 3 rings (SSSR count). The molecule has 0 aliphatic carbocycles.